The SMILES string of the molecule is Cc1c(-c2ccc(-n3c(-c4cc(C(C)(C)C)cc(C(C)(C)C)c4O)nc4c(-c5cc(-c6cc(-c7ccccc7)ccn6)cc(C(C)(C)C)c5)cccc43)c(-c3ccccc3)c2)oc2c1oc1cc(CC(C)(C)C)ccc12. The van der Waals surface area contributed by atoms with Gasteiger partial charge in [-0.1, -0.05) is 174 Å². The van der Waals surface area contributed by atoms with Crippen molar-refractivity contribution in [1.29, 1.82) is 0 Å². The molecular formula is C70H69N3O3. The Morgan fingerprint density at radius 3 is 1.88 bits per heavy atom. The number of pyridine rings is 1. The molecule has 0 saturated carbocycles. The smallest absolute Gasteiger partial charge is 0.181 e. The normalized spacial score (nSPS) is 12.6. The van der Waals surface area contributed by atoms with Crippen LogP contribution in [-0.2, 0) is 22.7 Å². The fourth-order valence-electron chi connectivity index (χ4n) is 10.8. The second-order valence-electron chi connectivity index (χ2n) is 25.2. The molecule has 0 radical (unpaired) electrons. The number of aromatic hydroxyl groups is 1. The van der Waals surface area contributed by atoms with Gasteiger partial charge < -0.3 is 13.9 Å². The zero-order valence-electron chi connectivity index (χ0n) is 46.4. The van der Waals surface area contributed by atoms with E-state index in [0.717, 1.165) is 118 Å². The predicted molar refractivity (Wildman–Crippen MR) is 317 cm³/mol. The molecule has 4 heterocycles. The van der Waals surface area contributed by atoms with Crippen molar-refractivity contribution in [3.05, 3.63) is 192 Å². The standard InChI is InChI=1S/C70H69N3O3/c1-42-63(76-65-53-29-27-43(41-67(2,3)4)33-60(53)75-64(42)65)47-28-30-58(54(37-47)45-23-18-15-19-24-45)73-59-26-20-25-52(61(59)72-66(73)55-39-51(69(8,9)10)40-56(62(55)74)70(11,12)13)48-34-49(36-50(35-48)68(5,6)7)57-38-46(31-32-71-57)44-21-16-14-17-22-44/h14-40,74H,41H2,1-13H3. The lowest BCUT2D eigenvalue weighted by molar-refractivity contribution is 0.411. The molecule has 0 unspecified atom stereocenters. The number of hydrogen-bond acceptors (Lipinski definition) is 5. The number of para-hydroxylation sites is 1. The summed E-state index contributed by atoms with van der Waals surface area (Å²) in [4.78, 5) is 10.7. The summed E-state index contributed by atoms with van der Waals surface area (Å²) in [7, 11) is 0. The van der Waals surface area contributed by atoms with E-state index in [0.29, 0.717) is 11.4 Å². The highest BCUT2D eigenvalue weighted by atomic mass is 16.4. The van der Waals surface area contributed by atoms with Crippen LogP contribution in [0.4, 0.5) is 0 Å². The predicted octanol–water partition coefficient (Wildman–Crippen LogP) is 19.4. The van der Waals surface area contributed by atoms with Crippen LogP contribution in [0.5, 0.6) is 5.75 Å². The number of aromatic nitrogens is 3. The Morgan fingerprint density at radius 2 is 1.20 bits per heavy atom. The van der Waals surface area contributed by atoms with E-state index in [1.54, 1.807) is 0 Å². The van der Waals surface area contributed by atoms with Crippen LogP contribution in [0.25, 0.3) is 106 Å². The highest BCUT2D eigenvalue weighted by Gasteiger charge is 2.30. The first-order chi connectivity index (χ1) is 36.0. The van der Waals surface area contributed by atoms with Crippen molar-refractivity contribution >= 4 is 33.2 Å². The third-order valence-corrected chi connectivity index (χ3v) is 14.9. The van der Waals surface area contributed by atoms with Gasteiger partial charge in [0, 0.05) is 39.6 Å². The van der Waals surface area contributed by atoms with Gasteiger partial charge in [-0.2, -0.15) is 0 Å². The fraction of sp³-hybridized carbons (Fsp3) is 0.257. The first-order valence-corrected chi connectivity index (χ1v) is 26.7. The summed E-state index contributed by atoms with van der Waals surface area (Å²) in [5.41, 5.74) is 19.6. The topological polar surface area (TPSA) is 77.2 Å². The van der Waals surface area contributed by atoms with Crippen LogP contribution in [0, 0.1) is 12.3 Å². The van der Waals surface area contributed by atoms with Crippen molar-refractivity contribution in [2.24, 2.45) is 5.41 Å². The van der Waals surface area contributed by atoms with E-state index in [-0.39, 0.29) is 27.4 Å². The number of imidazole rings is 1. The number of hydrogen-bond donors (Lipinski definition) is 1. The number of rotatable bonds is 8. The van der Waals surface area contributed by atoms with Gasteiger partial charge >= 0.3 is 0 Å². The molecule has 7 aromatic carbocycles. The minimum Gasteiger partial charge on any atom is -0.507 e. The summed E-state index contributed by atoms with van der Waals surface area (Å²) < 4.78 is 15.8. The van der Waals surface area contributed by atoms with Gasteiger partial charge in [-0.25, -0.2) is 4.98 Å². The minimum absolute atomic E-state index is 0.153. The van der Waals surface area contributed by atoms with Gasteiger partial charge in [0.05, 0.1) is 33.4 Å². The van der Waals surface area contributed by atoms with E-state index in [9.17, 15) is 5.11 Å². The van der Waals surface area contributed by atoms with Crippen LogP contribution >= 0.6 is 0 Å². The van der Waals surface area contributed by atoms with Crippen molar-refractivity contribution in [3.8, 4) is 78.8 Å². The summed E-state index contributed by atoms with van der Waals surface area (Å²) >= 11 is 0. The maximum atomic E-state index is 12.8. The molecule has 0 atom stereocenters. The Hall–Kier alpha value is -7.96. The number of aryl methyl sites for hydroxylation is 1. The van der Waals surface area contributed by atoms with Gasteiger partial charge in [0.15, 0.2) is 11.2 Å². The molecule has 0 aliphatic rings. The van der Waals surface area contributed by atoms with Crippen LogP contribution in [0.1, 0.15) is 111 Å². The van der Waals surface area contributed by atoms with E-state index in [1.807, 2.05) is 12.3 Å². The van der Waals surface area contributed by atoms with Gasteiger partial charge in [-0.3, -0.25) is 9.55 Å². The Labute approximate surface area is 448 Å². The number of phenolic OH excluding ortho intramolecular Hbond substituents is 1. The molecule has 11 rings (SSSR count). The van der Waals surface area contributed by atoms with Crippen LogP contribution in [0.3, 0.4) is 0 Å². The van der Waals surface area contributed by atoms with Crippen LogP contribution in [-0.4, -0.2) is 19.6 Å². The highest BCUT2D eigenvalue weighted by molar-refractivity contribution is 6.05. The zero-order chi connectivity index (χ0) is 53.6. The number of furan rings is 2. The molecule has 0 amide bonds. The Bertz CT molecular complexity index is 4010. The third-order valence-electron chi connectivity index (χ3n) is 14.9. The molecule has 0 aliphatic carbocycles. The van der Waals surface area contributed by atoms with Crippen molar-refractivity contribution < 1.29 is 13.9 Å². The summed E-state index contributed by atoms with van der Waals surface area (Å²) in [6.07, 6.45) is 2.86. The van der Waals surface area contributed by atoms with Crippen molar-refractivity contribution in [3.63, 3.8) is 0 Å². The first kappa shape index (κ1) is 50.2. The lowest BCUT2D eigenvalue weighted by Crippen LogP contribution is -2.17. The van der Waals surface area contributed by atoms with Crippen molar-refractivity contribution in [2.75, 3.05) is 0 Å². The van der Waals surface area contributed by atoms with Crippen LogP contribution in [0.15, 0.2) is 173 Å². The highest BCUT2D eigenvalue weighted by Crippen LogP contribution is 2.47. The second kappa shape index (κ2) is 18.4. The van der Waals surface area contributed by atoms with E-state index in [4.69, 9.17) is 18.8 Å². The molecule has 382 valence electrons. The largest absolute Gasteiger partial charge is 0.507 e. The number of phenols is 1. The van der Waals surface area contributed by atoms with Crippen molar-refractivity contribution in [1.82, 2.24) is 14.5 Å². The van der Waals surface area contributed by atoms with Crippen LogP contribution in [0.2, 0.25) is 0 Å². The summed E-state index contributed by atoms with van der Waals surface area (Å²) in [5.74, 6) is 1.64. The summed E-state index contributed by atoms with van der Waals surface area (Å²) in [5, 5.41) is 13.7. The number of nitrogens with zero attached hydrogens (tertiary/aromatic N) is 3. The molecule has 76 heavy (non-hydrogen) atoms. The van der Waals surface area contributed by atoms with Crippen LogP contribution < -0.4 is 0 Å². The first-order valence-electron chi connectivity index (χ1n) is 26.7. The Kier molecular flexibility index (Phi) is 12.2. The monoisotopic (exact) mass is 1000 g/mol. The molecule has 11 aromatic rings. The quantitative estimate of drug-likeness (QED) is 0.164. The van der Waals surface area contributed by atoms with E-state index >= 15 is 0 Å². The Morgan fingerprint density at radius 1 is 0.513 bits per heavy atom. The molecule has 0 fully saturated rings. The fourth-order valence-corrected chi connectivity index (χ4v) is 10.8. The number of benzene rings is 7. The maximum absolute atomic E-state index is 12.8. The molecule has 1 N–H and O–H groups in total. The second-order valence-corrected chi connectivity index (χ2v) is 25.2. The van der Waals surface area contributed by atoms with E-state index in [1.165, 1.54) is 11.1 Å². The maximum Gasteiger partial charge on any atom is 0.181 e. The van der Waals surface area contributed by atoms with E-state index < -0.39 is 0 Å². The summed E-state index contributed by atoms with van der Waals surface area (Å²) in [6, 6.07) is 56.0. The van der Waals surface area contributed by atoms with Gasteiger partial charge in [-0.15, -0.1) is 0 Å². The number of fused-ring (bicyclic) bond motifs is 4. The van der Waals surface area contributed by atoms with Gasteiger partial charge in [0.2, 0.25) is 0 Å². The molecular weight excluding hydrogens is 931 g/mol. The lowest BCUT2D eigenvalue weighted by Gasteiger charge is -2.27. The molecule has 0 bridgehead atoms. The molecule has 0 aliphatic heterocycles. The average molecular weight is 1000 g/mol. The molecule has 0 spiro atoms. The molecule has 4 aromatic heterocycles. The average Bonchev–Trinajstić information content (AvgIpc) is 4.09. The zero-order valence-corrected chi connectivity index (χ0v) is 46.4. The van der Waals surface area contributed by atoms with Gasteiger partial charge in [-0.05, 0) is 141 Å². The molecule has 6 heteroatoms. The summed E-state index contributed by atoms with van der Waals surface area (Å²) in [6.45, 7) is 28.8. The van der Waals surface area contributed by atoms with Gasteiger partial charge in [0.25, 0.3) is 0 Å². The molecule has 0 saturated heterocycles. The van der Waals surface area contributed by atoms with E-state index in [2.05, 4.69) is 246 Å². The minimum atomic E-state index is -0.366. The van der Waals surface area contributed by atoms with Crippen molar-refractivity contribution in [2.45, 2.75) is 113 Å². The molecule has 6 nitrogen and oxygen atoms in total. The lowest BCUT2D eigenvalue weighted by atomic mass is 9.79. The van der Waals surface area contributed by atoms with Gasteiger partial charge in [0.1, 0.15) is 22.9 Å². The third kappa shape index (κ3) is 9.33. The Balaban J connectivity index is 1.17.